The van der Waals surface area contributed by atoms with Gasteiger partial charge in [0.15, 0.2) is 0 Å². The maximum Gasteiger partial charge on any atom is 0.324 e. The molecule has 0 radical (unpaired) electrons. The Labute approximate surface area is 123 Å². The van der Waals surface area contributed by atoms with E-state index in [-0.39, 0.29) is 18.1 Å². The van der Waals surface area contributed by atoms with Crippen molar-refractivity contribution in [2.24, 2.45) is 0 Å². The zero-order valence-electron chi connectivity index (χ0n) is 13.7. The molecule has 0 aromatic rings. The summed E-state index contributed by atoms with van der Waals surface area (Å²) in [6.45, 7) is 9.28. The van der Waals surface area contributed by atoms with E-state index in [2.05, 4.69) is 43.1 Å². The van der Waals surface area contributed by atoms with Crippen LogP contribution in [0.25, 0.3) is 0 Å². The standard InChI is InChI=1S/C15H31N3O2/c1-6-20-15(19)14(16-12(2)3)11-17(4)10-13-8-7-9-18(13)5/h12-14,16H,6-11H2,1-5H3. The highest BCUT2D eigenvalue weighted by atomic mass is 16.5. The van der Waals surface area contributed by atoms with Crippen LogP contribution in [0.5, 0.6) is 0 Å². The molecular weight excluding hydrogens is 254 g/mol. The number of carbonyl (C=O) groups is 1. The molecule has 1 fully saturated rings. The fourth-order valence-corrected chi connectivity index (χ4v) is 2.80. The van der Waals surface area contributed by atoms with Crippen LogP contribution in [0.4, 0.5) is 0 Å². The number of nitrogens with zero attached hydrogens (tertiary/aromatic N) is 2. The van der Waals surface area contributed by atoms with Crippen LogP contribution in [-0.2, 0) is 9.53 Å². The first-order valence-corrected chi connectivity index (χ1v) is 7.75. The van der Waals surface area contributed by atoms with E-state index in [0.717, 1.165) is 6.54 Å². The van der Waals surface area contributed by atoms with Crippen molar-refractivity contribution >= 4 is 5.97 Å². The number of hydrogen-bond donors (Lipinski definition) is 1. The molecule has 118 valence electrons. The topological polar surface area (TPSA) is 44.8 Å². The minimum Gasteiger partial charge on any atom is -0.465 e. The Hall–Kier alpha value is -0.650. The van der Waals surface area contributed by atoms with Crippen LogP contribution in [0.1, 0.15) is 33.6 Å². The highest BCUT2D eigenvalue weighted by Gasteiger charge is 2.26. The summed E-state index contributed by atoms with van der Waals surface area (Å²) in [5, 5.41) is 3.30. The van der Waals surface area contributed by atoms with Crippen LogP contribution in [0.3, 0.4) is 0 Å². The number of rotatable bonds is 8. The number of ether oxygens (including phenoxy) is 1. The minimum absolute atomic E-state index is 0.146. The lowest BCUT2D eigenvalue weighted by Gasteiger charge is -2.29. The molecule has 1 N–H and O–H groups in total. The van der Waals surface area contributed by atoms with Gasteiger partial charge in [-0.15, -0.1) is 0 Å². The third kappa shape index (κ3) is 5.77. The van der Waals surface area contributed by atoms with E-state index in [1.54, 1.807) is 0 Å². The predicted molar refractivity (Wildman–Crippen MR) is 81.8 cm³/mol. The van der Waals surface area contributed by atoms with Crippen molar-refractivity contribution < 1.29 is 9.53 Å². The molecule has 0 aromatic heterocycles. The van der Waals surface area contributed by atoms with Gasteiger partial charge in [-0.25, -0.2) is 0 Å². The van der Waals surface area contributed by atoms with Gasteiger partial charge in [0.05, 0.1) is 6.61 Å². The Balaban J connectivity index is 2.47. The van der Waals surface area contributed by atoms with E-state index in [9.17, 15) is 4.79 Å². The van der Waals surface area contributed by atoms with Crippen LogP contribution >= 0.6 is 0 Å². The van der Waals surface area contributed by atoms with E-state index in [4.69, 9.17) is 4.74 Å². The number of nitrogens with one attached hydrogen (secondary N) is 1. The number of carbonyl (C=O) groups excluding carboxylic acids is 1. The molecule has 0 amide bonds. The summed E-state index contributed by atoms with van der Waals surface area (Å²) in [4.78, 5) is 16.6. The lowest BCUT2D eigenvalue weighted by atomic mass is 10.2. The third-order valence-corrected chi connectivity index (χ3v) is 3.79. The van der Waals surface area contributed by atoms with E-state index in [1.807, 2.05) is 6.92 Å². The molecule has 0 aromatic carbocycles. The zero-order valence-corrected chi connectivity index (χ0v) is 13.7. The van der Waals surface area contributed by atoms with Crippen molar-refractivity contribution in [1.82, 2.24) is 15.1 Å². The molecule has 1 rings (SSSR count). The lowest BCUT2D eigenvalue weighted by molar-refractivity contribution is -0.146. The van der Waals surface area contributed by atoms with E-state index < -0.39 is 0 Å². The molecule has 0 bridgehead atoms. The molecule has 5 nitrogen and oxygen atoms in total. The number of esters is 1. The average molecular weight is 285 g/mol. The molecule has 1 aliphatic rings. The molecule has 2 atom stereocenters. The SMILES string of the molecule is CCOC(=O)C(CN(C)CC1CCCN1C)NC(C)C. The molecule has 2 unspecified atom stereocenters. The van der Waals surface area contributed by atoms with Gasteiger partial charge < -0.3 is 19.9 Å². The van der Waals surface area contributed by atoms with E-state index in [1.165, 1.54) is 19.4 Å². The van der Waals surface area contributed by atoms with Gasteiger partial charge in [0.1, 0.15) is 6.04 Å². The van der Waals surface area contributed by atoms with Crippen LogP contribution in [0.2, 0.25) is 0 Å². The average Bonchev–Trinajstić information content (AvgIpc) is 2.74. The van der Waals surface area contributed by atoms with Gasteiger partial charge in [-0.3, -0.25) is 4.79 Å². The Kier molecular flexibility index (Phi) is 7.48. The fourth-order valence-electron chi connectivity index (χ4n) is 2.80. The molecular formula is C15H31N3O2. The van der Waals surface area contributed by atoms with Crippen molar-refractivity contribution in [3.05, 3.63) is 0 Å². The number of hydrogen-bond acceptors (Lipinski definition) is 5. The number of likely N-dealkylation sites (N-methyl/N-ethyl adjacent to an activating group) is 2. The molecule has 1 heterocycles. The van der Waals surface area contributed by atoms with Crippen LogP contribution < -0.4 is 5.32 Å². The number of likely N-dealkylation sites (tertiary alicyclic amines) is 1. The molecule has 20 heavy (non-hydrogen) atoms. The summed E-state index contributed by atoms with van der Waals surface area (Å²) < 4.78 is 5.16. The lowest BCUT2D eigenvalue weighted by Crippen LogP contribution is -2.50. The van der Waals surface area contributed by atoms with Crippen LogP contribution in [0.15, 0.2) is 0 Å². The van der Waals surface area contributed by atoms with Gasteiger partial charge in [0, 0.05) is 25.2 Å². The fraction of sp³-hybridized carbons (Fsp3) is 0.933. The molecule has 1 saturated heterocycles. The third-order valence-electron chi connectivity index (χ3n) is 3.79. The van der Waals surface area contributed by atoms with Crippen LogP contribution in [0, 0.1) is 0 Å². The van der Waals surface area contributed by atoms with Crippen molar-refractivity contribution in [2.75, 3.05) is 40.3 Å². The molecule has 5 heteroatoms. The van der Waals surface area contributed by atoms with Crippen molar-refractivity contribution in [3.8, 4) is 0 Å². The normalized spacial score (nSPS) is 21.6. The van der Waals surface area contributed by atoms with Gasteiger partial charge in [0.2, 0.25) is 0 Å². The molecule has 1 aliphatic heterocycles. The second kappa shape index (κ2) is 8.60. The smallest absolute Gasteiger partial charge is 0.324 e. The Bertz CT molecular complexity index is 297. The second-order valence-corrected chi connectivity index (χ2v) is 6.12. The minimum atomic E-state index is -0.244. The molecule has 0 spiro atoms. The van der Waals surface area contributed by atoms with Gasteiger partial charge in [-0.1, -0.05) is 13.8 Å². The maximum atomic E-state index is 12.0. The van der Waals surface area contributed by atoms with Crippen molar-refractivity contribution in [1.29, 1.82) is 0 Å². The van der Waals surface area contributed by atoms with Crippen molar-refractivity contribution in [3.63, 3.8) is 0 Å². The summed E-state index contributed by atoms with van der Waals surface area (Å²) in [5.74, 6) is -0.146. The monoisotopic (exact) mass is 285 g/mol. The summed E-state index contributed by atoms with van der Waals surface area (Å²) in [6.07, 6.45) is 2.53. The molecule has 0 saturated carbocycles. The largest absolute Gasteiger partial charge is 0.465 e. The van der Waals surface area contributed by atoms with Gasteiger partial charge in [-0.2, -0.15) is 0 Å². The van der Waals surface area contributed by atoms with Crippen molar-refractivity contribution in [2.45, 2.75) is 51.7 Å². The van der Waals surface area contributed by atoms with Crippen LogP contribution in [-0.4, -0.2) is 74.2 Å². The maximum absolute atomic E-state index is 12.0. The zero-order chi connectivity index (χ0) is 15.1. The van der Waals surface area contributed by atoms with Gasteiger partial charge in [0.25, 0.3) is 0 Å². The van der Waals surface area contributed by atoms with E-state index in [0.29, 0.717) is 19.2 Å². The summed E-state index contributed by atoms with van der Waals surface area (Å²) >= 11 is 0. The Morgan fingerprint density at radius 1 is 1.50 bits per heavy atom. The van der Waals surface area contributed by atoms with Gasteiger partial charge in [-0.05, 0) is 40.4 Å². The highest BCUT2D eigenvalue weighted by molar-refractivity contribution is 5.76. The quantitative estimate of drug-likeness (QED) is 0.673. The van der Waals surface area contributed by atoms with E-state index >= 15 is 0 Å². The first-order chi connectivity index (χ1) is 9.43. The Morgan fingerprint density at radius 3 is 2.70 bits per heavy atom. The Morgan fingerprint density at radius 2 is 2.20 bits per heavy atom. The predicted octanol–water partition coefficient (Wildman–Crippen LogP) is 0.942. The first kappa shape index (κ1) is 17.4. The first-order valence-electron chi connectivity index (χ1n) is 7.75. The second-order valence-electron chi connectivity index (χ2n) is 6.12. The summed E-state index contributed by atoms with van der Waals surface area (Å²) in [5.41, 5.74) is 0. The summed E-state index contributed by atoms with van der Waals surface area (Å²) in [6, 6.07) is 0.639. The molecule has 0 aliphatic carbocycles. The van der Waals surface area contributed by atoms with Gasteiger partial charge >= 0.3 is 5.97 Å². The highest BCUT2D eigenvalue weighted by Crippen LogP contribution is 2.15. The summed E-state index contributed by atoms with van der Waals surface area (Å²) in [7, 11) is 4.26.